The number of benzene rings is 1. The number of carbonyl (C=O) groups is 1. The average molecular weight is 504 g/mol. The SMILES string of the molecule is CC1(C)N(CC2(O)CCS(=O)(=O)CC2)C(=O)N(CC2CCC2)C12CCC(N)(c1ccccc1)CC2. The lowest BCUT2D eigenvalue weighted by Crippen LogP contribution is -2.63. The minimum absolute atomic E-state index is 0.00649. The number of sulfone groups is 1. The van der Waals surface area contributed by atoms with Crippen LogP contribution in [-0.2, 0) is 15.4 Å². The molecule has 0 atom stereocenters. The summed E-state index contributed by atoms with van der Waals surface area (Å²) in [5.41, 5.74) is 5.68. The molecule has 1 spiro atoms. The van der Waals surface area contributed by atoms with Crippen LogP contribution in [0.4, 0.5) is 4.79 Å². The lowest BCUT2D eigenvalue weighted by Gasteiger charge is -2.54. The molecule has 4 aliphatic rings. The fourth-order valence-electron chi connectivity index (χ4n) is 7.02. The molecule has 2 saturated heterocycles. The zero-order valence-corrected chi connectivity index (χ0v) is 22.0. The zero-order valence-electron chi connectivity index (χ0n) is 21.2. The third-order valence-corrected chi connectivity index (χ3v) is 11.6. The molecular weight excluding hydrogens is 462 g/mol. The lowest BCUT2D eigenvalue weighted by atomic mass is 9.62. The number of hydrogen-bond acceptors (Lipinski definition) is 5. The molecular formula is C27H41N3O4S. The van der Waals surface area contributed by atoms with Gasteiger partial charge in [0.2, 0.25) is 0 Å². The number of amides is 2. The van der Waals surface area contributed by atoms with E-state index in [4.69, 9.17) is 5.73 Å². The summed E-state index contributed by atoms with van der Waals surface area (Å²) in [6.45, 7) is 5.22. The predicted molar refractivity (Wildman–Crippen MR) is 137 cm³/mol. The van der Waals surface area contributed by atoms with Gasteiger partial charge in [-0.3, -0.25) is 0 Å². The molecule has 7 nitrogen and oxygen atoms in total. The quantitative estimate of drug-likeness (QED) is 0.641. The van der Waals surface area contributed by atoms with E-state index in [-0.39, 0.29) is 42.5 Å². The van der Waals surface area contributed by atoms with Crippen molar-refractivity contribution >= 4 is 15.9 Å². The topological polar surface area (TPSA) is 104 Å². The van der Waals surface area contributed by atoms with Gasteiger partial charge in [0.15, 0.2) is 9.84 Å². The van der Waals surface area contributed by atoms with Gasteiger partial charge in [0.1, 0.15) is 0 Å². The van der Waals surface area contributed by atoms with Gasteiger partial charge >= 0.3 is 6.03 Å². The van der Waals surface area contributed by atoms with E-state index < -0.39 is 26.5 Å². The van der Waals surface area contributed by atoms with Crippen LogP contribution >= 0.6 is 0 Å². The van der Waals surface area contributed by atoms with Crippen molar-refractivity contribution in [1.82, 2.24) is 9.80 Å². The van der Waals surface area contributed by atoms with E-state index in [1.807, 2.05) is 23.1 Å². The number of carbonyl (C=O) groups excluding carboxylic acids is 1. The van der Waals surface area contributed by atoms with Gasteiger partial charge in [-0.2, -0.15) is 0 Å². The van der Waals surface area contributed by atoms with Gasteiger partial charge in [0.05, 0.1) is 34.7 Å². The van der Waals surface area contributed by atoms with Gasteiger partial charge in [-0.25, -0.2) is 13.2 Å². The maximum absolute atomic E-state index is 14.0. The molecule has 2 heterocycles. The highest BCUT2D eigenvalue weighted by molar-refractivity contribution is 7.91. The van der Waals surface area contributed by atoms with Crippen LogP contribution in [-0.4, -0.2) is 70.6 Å². The zero-order chi connectivity index (χ0) is 25.1. The average Bonchev–Trinajstić information content (AvgIpc) is 2.94. The van der Waals surface area contributed by atoms with Crippen LogP contribution < -0.4 is 5.73 Å². The molecule has 0 radical (unpaired) electrons. The first-order valence-corrected chi connectivity index (χ1v) is 15.1. The second kappa shape index (κ2) is 8.45. The van der Waals surface area contributed by atoms with E-state index in [1.165, 1.54) is 6.42 Å². The summed E-state index contributed by atoms with van der Waals surface area (Å²) >= 11 is 0. The molecule has 4 fully saturated rings. The van der Waals surface area contributed by atoms with E-state index in [9.17, 15) is 18.3 Å². The van der Waals surface area contributed by atoms with Crippen molar-refractivity contribution in [3.63, 3.8) is 0 Å². The molecule has 1 aromatic carbocycles. The first-order valence-electron chi connectivity index (χ1n) is 13.3. The number of hydrogen-bond donors (Lipinski definition) is 2. The summed E-state index contributed by atoms with van der Waals surface area (Å²) in [6.07, 6.45) is 7.13. The molecule has 35 heavy (non-hydrogen) atoms. The molecule has 3 N–H and O–H groups in total. The molecule has 0 unspecified atom stereocenters. The van der Waals surface area contributed by atoms with Gasteiger partial charge in [-0.15, -0.1) is 0 Å². The second-order valence-electron chi connectivity index (χ2n) is 12.3. The smallest absolute Gasteiger partial charge is 0.321 e. The summed E-state index contributed by atoms with van der Waals surface area (Å²) in [5, 5.41) is 11.4. The minimum atomic E-state index is -3.11. The van der Waals surface area contributed by atoms with Crippen molar-refractivity contribution in [1.29, 1.82) is 0 Å². The fraction of sp³-hybridized carbons (Fsp3) is 0.741. The van der Waals surface area contributed by atoms with Crippen LogP contribution in [0.15, 0.2) is 30.3 Å². The molecule has 2 aliphatic heterocycles. The van der Waals surface area contributed by atoms with Gasteiger partial charge < -0.3 is 20.6 Å². The van der Waals surface area contributed by atoms with Crippen molar-refractivity contribution < 1.29 is 18.3 Å². The highest BCUT2D eigenvalue weighted by atomic mass is 32.2. The Bertz CT molecular complexity index is 1050. The Balaban J connectivity index is 1.43. The summed E-state index contributed by atoms with van der Waals surface area (Å²) in [6, 6.07) is 10.3. The molecule has 2 saturated carbocycles. The van der Waals surface area contributed by atoms with E-state index >= 15 is 0 Å². The molecule has 1 aromatic rings. The predicted octanol–water partition coefficient (Wildman–Crippen LogP) is 3.41. The van der Waals surface area contributed by atoms with Gasteiger partial charge in [0, 0.05) is 12.1 Å². The summed E-state index contributed by atoms with van der Waals surface area (Å²) in [7, 11) is -3.11. The van der Waals surface area contributed by atoms with E-state index in [0.717, 1.165) is 50.6 Å². The molecule has 0 bridgehead atoms. The number of urea groups is 1. The van der Waals surface area contributed by atoms with Crippen LogP contribution in [0.25, 0.3) is 0 Å². The second-order valence-corrected chi connectivity index (χ2v) is 14.6. The summed E-state index contributed by atoms with van der Waals surface area (Å²) in [4.78, 5) is 18.0. The van der Waals surface area contributed by atoms with Crippen molar-refractivity contribution in [2.75, 3.05) is 24.6 Å². The highest BCUT2D eigenvalue weighted by Gasteiger charge is 2.64. The first kappa shape index (κ1) is 25.0. The van der Waals surface area contributed by atoms with Crippen molar-refractivity contribution in [3.05, 3.63) is 35.9 Å². The van der Waals surface area contributed by atoms with Crippen LogP contribution in [0.5, 0.6) is 0 Å². The van der Waals surface area contributed by atoms with Crippen molar-refractivity contribution in [3.8, 4) is 0 Å². The Morgan fingerprint density at radius 3 is 2.11 bits per heavy atom. The Kier molecular flexibility index (Phi) is 6.04. The third-order valence-electron chi connectivity index (χ3n) is 9.98. The fourth-order valence-corrected chi connectivity index (χ4v) is 8.61. The Morgan fingerprint density at radius 1 is 0.971 bits per heavy atom. The molecule has 0 aromatic heterocycles. The highest BCUT2D eigenvalue weighted by Crippen LogP contribution is 2.54. The number of nitrogens with two attached hydrogens (primary N) is 1. The Morgan fingerprint density at radius 2 is 1.57 bits per heavy atom. The first-order chi connectivity index (χ1) is 16.4. The van der Waals surface area contributed by atoms with Crippen LogP contribution in [0.2, 0.25) is 0 Å². The largest absolute Gasteiger partial charge is 0.388 e. The van der Waals surface area contributed by atoms with Crippen LogP contribution in [0.3, 0.4) is 0 Å². The van der Waals surface area contributed by atoms with Crippen molar-refractivity contribution in [2.24, 2.45) is 11.7 Å². The van der Waals surface area contributed by atoms with Gasteiger partial charge in [0.25, 0.3) is 0 Å². The third kappa shape index (κ3) is 4.19. The maximum Gasteiger partial charge on any atom is 0.321 e. The number of nitrogens with zero attached hydrogens (tertiary/aromatic N) is 2. The number of aliphatic hydroxyl groups is 1. The van der Waals surface area contributed by atoms with Crippen LogP contribution in [0, 0.1) is 5.92 Å². The molecule has 2 amide bonds. The Hall–Kier alpha value is -1.64. The number of rotatable bonds is 5. The monoisotopic (exact) mass is 503 g/mol. The van der Waals surface area contributed by atoms with E-state index in [2.05, 4.69) is 30.9 Å². The number of β-amino-alcohol motifs (C(OH)–C–C–N with tert-alkyl or cyclic N) is 1. The van der Waals surface area contributed by atoms with Gasteiger partial charge in [-0.1, -0.05) is 36.8 Å². The minimum Gasteiger partial charge on any atom is -0.388 e. The molecule has 8 heteroatoms. The Labute approximate surface area is 210 Å². The maximum atomic E-state index is 14.0. The van der Waals surface area contributed by atoms with Gasteiger partial charge in [-0.05, 0) is 76.7 Å². The standard InChI is InChI=1S/C27H41N3O4S/c1-24(2)27(13-11-26(28,12-14-27)22-9-4-3-5-10-22)29(19-21-7-6-8-21)23(31)30(24)20-25(32)15-17-35(33,34)18-16-25/h3-5,9-10,21,32H,6-8,11-20,28H2,1-2H3. The molecule has 194 valence electrons. The summed E-state index contributed by atoms with van der Waals surface area (Å²) in [5.74, 6) is 0.499. The van der Waals surface area contributed by atoms with Crippen LogP contribution in [0.1, 0.15) is 77.2 Å². The lowest BCUT2D eigenvalue weighted by molar-refractivity contribution is -0.0328. The molecule has 2 aliphatic carbocycles. The normalized spacial score (nSPS) is 28.7. The summed E-state index contributed by atoms with van der Waals surface area (Å²) < 4.78 is 24.0. The molecule has 5 rings (SSSR count). The van der Waals surface area contributed by atoms with E-state index in [1.54, 1.807) is 0 Å². The van der Waals surface area contributed by atoms with E-state index in [0.29, 0.717) is 5.92 Å². The van der Waals surface area contributed by atoms with Crippen molar-refractivity contribution in [2.45, 2.75) is 93.9 Å².